The van der Waals surface area contributed by atoms with Crippen molar-refractivity contribution in [2.24, 2.45) is 5.10 Å². The Bertz CT molecular complexity index is 1040. The predicted octanol–water partition coefficient (Wildman–Crippen LogP) is 0.623. The van der Waals surface area contributed by atoms with E-state index in [0.29, 0.717) is 5.69 Å². The van der Waals surface area contributed by atoms with E-state index in [1.54, 1.807) is 6.92 Å². The molecule has 0 unspecified atom stereocenters. The summed E-state index contributed by atoms with van der Waals surface area (Å²) in [7, 11) is 2.45. The zero-order valence-corrected chi connectivity index (χ0v) is 16.5. The van der Waals surface area contributed by atoms with Gasteiger partial charge in [0.25, 0.3) is 5.91 Å². The number of rotatable bonds is 7. The molecule has 0 aliphatic carbocycles. The van der Waals surface area contributed by atoms with E-state index in [4.69, 9.17) is 14.2 Å². The molecule has 0 spiro atoms. The Labute approximate surface area is 171 Å². The zero-order valence-electron chi connectivity index (χ0n) is 16.5. The van der Waals surface area contributed by atoms with E-state index < -0.39 is 17.8 Å². The van der Waals surface area contributed by atoms with Gasteiger partial charge in [0.2, 0.25) is 0 Å². The maximum absolute atomic E-state index is 12.5. The Balaban J connectivity index is 2.15. The summed E-state index contributed by atoms with van der Waals surface area (Å²) in [6.45, 7) is 2.03. The van der Waals surface area contributed by atoms with Gasteiger partial charge in [0.15, 0.2) is 5.88 Å². The summed E-state index contributed by atoms with van der Waals surface area (Å²) >= 11 is 0. The molecule has 0 fully saturated rings. The number of ether oxygens (including phenoxy) is 3. The van der Waals surface area contributed by atoms with Gasteiger partial charge in [-0.1, -0.05) is 0 Å². The summed E-state index contributed by atoms with van der Waals surface area (Å²) in [5.41, 5.74) is 3.67. The minimum Gasteiger partial charge on any atom is -0.479 e. The minimum atomic E-state index is -0.709. The highest BCUT2D eigenvalue weighted by Crippen LogP contribution is 2.30. The van der Waals surface area contributed by atoms with Crippen LogP contribution >= 0.6 is 0 Å². The summed E-state index contributed by atoms with van der Waals surface area (Å²) in [4.78, 5) is 47.8. The van der Waals surface area contributed by atoms with Crippen molar-refractivity contribution >= 4 is 29.6 Å². The minimum absolute atomic E-state index is 0.0528. The summed E-state index contributed by atoms with van der Waals surface area (Å²) in [5.74, 6) is -1.57. The van der Waals surface area contributed by atoms with Crippen LogP contribution in [0, 0.1) is 0 Å². The first-order valence-electron chi connectivity index (χ1n) is 8.89. The quantitative estimate of drug-likeness (QED) is 0.496. The second-order valence-corrected chi connectivity index (χ2v) is 5.95. The van der Waals surface area contributed by atoms with Crippen LogP contribution in [0.1, 0.15) is 34.2 Å². The van der Waals surface area contributed by atoms with E-state index >= 15 is 0 Å². The summed E-state index contributed by atoms with van der Waals surface area (Å²) in [6, 6.07) is 0. The van der Waals surface area contributed by atoms with Crippen molar-refractivity contribution in [2.75, 3.05) is 20.8 Å². The molecule has 0 radical (unpaired) electrons. The molecule has 11 heteroatoms. The Hall–Kier alpha value is -4.02. The van der Waals surface area contributed by atoms with Crippen molar-refractivity contribution in [1.29, 1.82) is 0 Å². The van der Waals surface area contributed by atoms with Gasteiger partial charge in [0, 0.05) is 18.0 Å². The molecule has 156 valence electrons. The van der Waals surface area contributed by atoms with Gasteiger partial charge >= 0.3 is 11.9 Å². The Morgan fingerprint density at radius 1 is 1.20 bits per heavy atom. The van der Waals surface area contributed by atoms with Crippen LogP contribution in [0.4, 0.5) is 0 Å². The van der Waals surface area contributed by atoms with Crippen LogP contribution < -0.4 is 10.2 Å². The lowest BCUT2D eigenvalue weighted by molar-refractivity contribution is -0.139. The molecule has 1 amide bonds. The third-order valence-corrected chi connectivity index (χ3v) is 4.18. The molecule has 0 atom stereocenters. The molecule has 0 saturated carbocycles. The number of H-pyrrole nitrogens is 1. The molecule has 0 bridgehead atoms. The molecule has 0 saturated heterocycles. The first kappa shape index (κ1) is 20.7. The fourth-order valence-electron chi connectivity index (χ4n) is 2.86. The molecule has 30 heavy (non-hydrogen) atoms. The molecule has 2 N–H and O–H groups in total. The van der Waals surface area contributed by atoms with Crippen molar-refractivity contribution in [3.05, 3.63) is 46.7 Å². The number of hydrazone groups is 1. The smallest absolute Gasteiger partial charge is 0.340 e. The van der Waals surface area contributed by atoms with Gasteiger partial charge in [-0.2, -0.15) is 5.10 Å². The van der Waals surface area contributed by atoms with Gasteiger partial charge < -0.3 is 19.2 Å². The molecule has 11 nitrogen and oxygen atoms in total. The lowest BCUT2D eigenvalue weighted by atomic mass is 10.0. The van der Waals surface area contributed by atoms with Gasteiger partial charge in [-0.25, -0.2) is 10.2 Å². The van der Waals surface area contributed by atoms with Crippen molar-refractivity contribution in [3.8, 4) is 5.88 Å². The lowest BCUT2D eigenvalue weighted by Gasteiger charge is -2.06. The van der Waals surface area contributed by atoms with Crippen molar-refractivity contribution in [1.82, 2.24) is 20.4 Å². The summed E-state index contributed by atoms with van der Waals surface area (Å²) in [6.07, 6.45) is 5.61. The average molecular weight is 413 g/mol. The topological polar surface area (TPSA) is 145 Å². The number of aromatic amines is 1. The first-order valence-corrected chi connectivity index (χ1v) is 8.89. The van der Waals surface area contributed by atoms with Gasteiger partial charge in [-0.15, -0.1) is 0 Å². The van der Waals surface area contributed by atoms with Crippen molar-refractivity contribution in [3.63, 3.8) is 0 Å². The third kappa shape index (κ3) is 4.04. The number of methoxy groups -OCH3 is 2. The number of carbonyl (C=O) groups excluding carboxylic acids is 3. The Morgan fingerprint density at radius 2 is 2.00 bits per heavy atom. The number of hydrogen-bond donors (Lipinski definition) is 2. The van der Waals surface area contributed by atoms with E-state index in [-0.39, 0.29) is 47.0 Å². The van der Waals surface area contributed by atoms with Crippen molar-refractivity contribution in [2.45, 2.75) is 13.3 Å². The standard InChI is InChI=1S/C19H19N5O6/c1-4-30-18-10(8-14(25)28-2)15(19(27)29-3)12(22-18)7-11-16(23-24-17(11)26)13-9-20-5-6-21-13/h5-7,9,22H,4,8H2,1-3H3,(H,24,26)/b11-7+. The van der Waals surface area contributed by atoms with E-state index in [1.807, 2.05) is 0 Å². The largest absolute Gasteiger partial charge is 0.479 e. The van der Waals surface area contributed by atoms with E-state index in [2.05, 4.69) is 25.5 Å². The molecule has 0 aromatic carbocycles. The van der Waals surface area contributed by atoms with E-state index in [9.17, 15) is 14.4 Å². The van der Waals surface area contributed by atoms with Crippen LogP contribution in [0.15, 0.2) is 29.3 Å². The van der Waals surface area contributed by atoms with Gasteiger partial charge in [0.05, 0.1) is 50.3 Å². The molecule has 1 aliphatic rings. The number of amides is 1. The van der Waals surface area contributed by atoms with Gasteiger partial charge in [-0.05, 0) is 13.0 Å². The van der Waals surface area contributed by atoms with Crippen LogP contribution in [-0.2, 0) is 25.5 Å². The Morgan fingerprint density at radius 3 is 2.63 bits per heavy atom. The van der Waals surface area contributed by atoms with E-state index in [1.165, 1.54) is 38.9 Å². The first-order chi connectivity index (χ1) is 14.5. The fraction of sp³-hybridized carbons (Fsp3) is 0.263. The molecular formula is C19H19N5O6. The molecule has 3 heterocycles. The number of nitrogens with zero attached hydrogens (tertiary/aromatic N) is 3. The van der Waals surface area contributed by atoms with Crippen LogP contribution in [0.2, 0.25) is 0 Å². The van der Waals surface area contributed by atoms with Crippen molar-refractivity contribution < 1.29 is 28.6 Å². The highest BCUT2D eigenvalue weighted by atomic mass is 16.5. The number of hydrogen-bond acceptors (Lipinski definition) is 9. The second kappa shape index (κ2) is 8.99. The number of carbonyl (C=O) groups is 3. The molecule has 1 aliphatic heterocycles. The SMILES string of the molecule is CCOc1[nH]c(/C=C2/C(=O)NN=C2c2cnccn2)c(C(=O)OC)c1CC(=O)OC. The number of aromatic nitrogens is 3. The predicted molar refractivity (Wildman–Crippen MR) is 104 cm³/mol. The summed E-state index contributed by atoms with van der Waals surface area (Å²) < 4.78 is 15.1. The highest BCUT2D eigenvalue weighted by Gasteiger charge is 2.30. The Kier molecular flexibility index (Phi) is 6.20. The summed E-state index contributed by atoms with van der Waals surface area (Å²) in [5, 5.41) is 4.00. The monoisotopic (exact) mass is 413 g/mol. The maximum atomic E-state index is 12.5. The highest BCUT2D eigenvalue weighted by molar-refractivity contribution is 6.32. The molecule has 2 aromatic heterocycles. The molecule has 3 rings (SSSR count). The molecular weight excluding hydrogens is 394 g/mol. The number of nitrogens with one attached hydrogen (secondary N) is 2. The van der Waals surface area contributed by atoms with E-state index in [0.717, 1.165) is 0 Å². The fourth-order valence-corrected chi connectivity index (χ4v) is 2.86. The number of esters is 2. The third-order valence-electron chi connectivity index (χ3n) is 4.18. The van der Waals surface area contributed by atoms with Crippen LogP contribution in [0.25, 0.3) is 6.08 Å². The van der Waals surface area contributed by atoms with Gasteiger partial charge in [-0.3, -0.25) is 19.6 Å². The van der Waals surface area contributed by atoms with Crippen LogP contribution in [0.5, 0.6) is 5.88 Å². The average Bonchev–Trinajstić information content (AvgIpc) is 3.29. The maximum Gasteiger partial charge on any atom is 0.340 e. The van der Waals surface area contributed by atoms with Crippen LogP contribution in [0.3, 0.4) is 0 Å². The normalized spacial score (nSPS) is 14.3. The lowest BCUT2D eigenvalue weighted by Crippen LogP contribution is -2.15. The van der Waals surface area contributed by atoms with Crippen LogP contribution in [-0.4, -0.2) is 59.3 Å². The molecule has 2 aromatic rings. The van der Waals surface area contributed by atoms with Gasteiger partial charge in [0.1, 0.15) is 11.4 Å². The second-order valence-electron chi connectivity index (χ2n) is 5.95. The zero-order chi connectivity index (χ0) is 21.7.